The smallest absolute Gasteiger partial charge is 0.337 e. The normalized spacial score (nSPS) is 13.3. The monoisotopic (exact) mass is 331 g/mol. The number of benzene rings is 1. The van der Waals surface area contributed by atoms with E-state index in [0.717, 1.165) is 19.0 Å². The minimum absolute atomic E-state index is 0.179. The van der Waals surface area contributed by atoms with Crippen LogP contribution in [-0.4, -0.2) is 16.1 Å². The zero-order chi connectivity index (χ0) is 16.2. The highest BCUT2D eigenvalue weighted by Gasteiger charge is 2.33. The Balaban J connectivity index is 1.90. The van der Waals surface area contributed by atoms with E-state index in [1.807, 2.05) is 17.7 Å². The van der Waals surface area contributed by atoms with Crippen LogP contribution in [0.5, 0.6) is 0 Å². The molecule has 1 atom stereocenters. The minimum atomic E-state index is -4.44. The third-order valence-electron chi connectivity index (χ3n) is 3.40. The second-order valence-electron chi connectivity index (χ2n) is 5.07. The zero-order valence-corrected chi connectivity index (χ0v) is 12.8. The van der Waals surface area contributed by atoms with Crippen molar-refractivity contribution < 1.29 is 13.2 Å². The molecule has 0 bridgehead atoms. The van der Waals surface area contributed by atoms with E-state index in [2.05, 4.69) is 10.3 Å². The van der Waals surface area contributed by atoms with E-state index in [9.17, 15) is 13.2 Å². The van der Waals surface area contributed by atoms with Crippen LogP contribution in [0.4, 0.5) is 13.2 Å². The first-order valence-corrected chi connectivity index (χ1v) is 7.31. The molecule has 2 aromatic rings. The molecule has 7 heteroatoms. The molecule has 120 valence electrons. The standard InChI is InChI=1S/C15H17ClF3N3/c1-11(21-5-2-7-22-8-6-20-10-22)12-3-4-14(16)13(9-12)15(17,18)19/h3-4,6,8-11,21H,2,5,7H2,1H3. The Morgan fingerprint density at radius 3 is 2.77 bits per heavy atom. The number of alkyl halides is 3. The third kappa shape index (κ3) is 4.48. The molecule has 0 saturated heterocycles. The van der Waals surface area contributed by atoms with E-state index in [1.54, 1.807) is 18.6 Å². The van der Waals surface area contributed by atoms with Crippen LogP contribution in [0.3, 0.4) is 0 Å². The van der Waals surface area contributed by atoms with E-state index in [1.165, 1.54) is 6.07 Å². The lowest BCUT2D eigenvalue weighted by Gasteiger charge is -2.17. The maximum Gasteiger partial charge on any atom is 0.417 e. The van der Waals surface area contributed by atoms with Crippen LogP contribution in [0.25, 0.3) is 0 Å². The molecule has 0 aliphatic rings. The topological polar surface area (TPSA) is 29.9 Å². The summed E-state index contributed by atoms with van der Waals surface area (Å²) in [6.45, 7) is 3.35. The first-order valence-electron chi connectivity index (χ1n) is 6.93. The maximum absolute atomic E-state index is 12.8. The van der Waals surface area contributed by atoms with E-state index in [0.29, 0.717) is 12.1 Å². The van der Waals surface area contributed by atoms with Gasteiger partial charge < -0.3 is 9.88 Å². The van der Waals surface area contributed by atoms with E-state index in [-0.39, 0.29) is 11.1 Å². The van der Waals surface area contributed by atoms with Crippen LogP contribution < -0.4 is 5.32 Å². The van der Waals surface area contributed by atoms with Crippen molar-refractivity contribution in [3.05, 3.63) is 53.1 Å². The summed E-state index contributed by atoms with van der Waals surface area (Å²) >= 11 is 5.62. The van der Waals surface area contributed by atoms with Crippen LogP contribution >= 0.6 is 11.6 Å². The van der Waals surface area contributed by atoms with Gasteiger partial charge in [0.05, 0.1) is 16.9 Å². The number of aryl methyl sites for hydroxylation is 1. The molecular formula is C15H17ClF3N3. The predicted molar refractivity (Wildman–Crippen MR) is 79.7 cm³/mol. The van der Waals surface area contributed by atoms with Gasteiger partial charge in [-0.3, -0.25) is 0 Å². The Kier molecular flexibility index (Phi) is 5.47. The fraction of sp³-hybridized carbons (Fsp3) is 0.400. The number of nitrogens with one attached hydrogen (secondary N) is 1. The van der Waals surface area contributed by atoms with Crippen LogP contribution in [0.2, 0.25) is 5.02 Å². The number of nitrogens with zero attached hydrogens (tertiary/aromatic N) is 2. The second kappa shape index (κ2) is 7.15. The van der Waals surface area contributed by atoms with Crippen LogP contribution in [-0.2, 0) is 12.7 Å². The molecule has 0 saturated carbocycles. The molecule has 1 aromatic carbocycles. The van der Waals surface area contributed by atoms with Crippen LogP contribution in [0.1, 0.15) is 30.5 Å². The van der Waals surface area contributed by atoms with Gasteiger partial charge in [0.2, 0.25) is 0 Å². The van der Waals surface area contributed by atoms with Gasteiger partial charge in [-0.15, -0.1) is 0 Å². The third-order valence-corrected chi connectivity index (χ3v) is 3.73. The van der Waals surface area contributed by atoms with E-state index in [4.69, 9.17) is 11.6 Å². The molecule has 0 spiro atoms. The Bertz CT molecular complexity index is 597. The van der Waals surface area contributed by atoms with E-state index >= 15 is 0 Å². The van der Waals surface area contributed by atoms with Gasteiger partial charge in [0.25, 0.3) is 0 Å². The second-order valence-corrected chi connectivity index (χ2v) is 5.47. The van der Waals surface area contributed by atoms with Crippen molar-refractivity contribution in [2.45, 2.75) is 32.1 Å². The van der Waals surface area contributed by atoms with Crippen molar-refractivity contribution in [3.63, 3.8) is 0 Å². The Labute approximate surface area is 132 Å². The van der Waals surface area contributed by atoms with Crippen LogP contribution in [0.15, 0.2) is 36.9 Å². The summed E-state index contributed by atoms with van der Waals surface area (Å²) in [5.74, 6) is 0. The van der Waals surface area contributed by atoms with Crippen molar-refractivity contribution in [1.29, 1.82) is 0 Å². The highest BCUT2D eigenvalue weighted by atomic mass is 35.5. The molecule has 0 fully saturated rings. The summed E-state index contributed by atoms with van der Waals surface area (Å²) in [7, 11) is 0. The molecule has 3 nitrogen and oxygen atoms in total. The molecule has 22 heavy (non-hydrogen) atoms. The summed E-state index contributed by atoms with van der Waals surface area (Å²) in [6, 6.07) is 3.84. The molecule has 0 aliphatic carbocycles. The molecule has 1 unspecified atom stereocenters. The summed E-state index contributed by atoms with van der Waals surface area (Å²) in [6.07, 6.45) is 1.74. The highest BCUT2D eigenvalue weighted by molar-refractivity contribution is 6.31. The van der Waals surface area contributed by atoms with Crippen molar-refractivity contribution in [3.8, 4) is 0 Å². The van der Waals surface area contributed by atoms with Gasteiger partial charge in [-0.1, -0.05) is 17.7 Å². The number of hydrogen-bond donors (Lipinski definition) is 1. The number of rotatable bonds is 6. The van der Waals surface area contributed by atoms with Gasteiger partial charge in [0.1, 0.15) is 0 Å². The molecule has 0 amide bonds. The molecule has 1 N–H and O–H groups in total. The predicted octanol–water partition coefficient (Wildman–Crippen LogP) is 4.30. The van der Waals surface area contributed by atoms with Gasteiger partial charge in [-0.25, -0.2) is 4.98 Å². The molecule has 0 aliphatic heterocycles. The van der Waals surface area contributed by atoms with Crippen molar-refractivity contribution in [2.24, 2.45) is 0 Å². The fourth-order valence-electron chi connectivity index (χ4n) is 2.15. The average Bonchev–Trinajstić information content (AvgIpc) is 2.95. The average molecular weight is 332 g/mol. The SMILES string of the molecule is CC(NCCCn1ccnc1)c1ccc(Cl)c(C(F)(F)F)c1. The summed E-state index contributed by atoms with van der Waals surface area (Å²) in [5, 5.41) is 2.94. The lowest BCUT2D eigenvalue weighted by molar-refractivity contribution is -0.137. The quantitative estimate of drug-likeness (QED) is 0.800. The minimum Gasteiger partial charge on any atom is -0.337 e. The molecule has 1 heterocycles. The summed E-state index contributed by atoms with van der Waals surface area (Å²) in [5.41, 5.74) is -0.224. The van der Waals surface area contributed by atoms with Gasteiger partial charge in [0.15, 0.2) is 0 Å². The molecule has 0 radical (unpaired) electrons. The Morgan fingerprint density at radius 2 is 2.14 bits per heavy atom. The molecule has 2 rings (SSSR count). The van der Waals surface area contributed by atoms with Gasteiger partial charge in [0, 0.05) is 25.0 Å². The summed E-state index contributed by atoms with van der Waals surface area (Å²) in [4.78, 5) is 3.95. The summed E-state index contributed by atoms with van der Waals surface area (Å²) < 4.78 is 40.5. The first kappa shape index (κ1) is 16.8. The molecular weight excluding hydrogens is 315 g/mol. The first-order chi connectivity index (χ1) is 10.4. The van der Waals surface area contributed by atoms with Crippen molar-refractivity contribution in [1.82, 2.24) is 14.9 Å². The lowest BCUT2D eigenvalue weighted by Crippen LogP contribution is -2.21. The Morgan fingerprint density at radius 1 is 1.36 bits per heavy atom. The Hall–Kier alpha value is -1.53. The number of hydrogen-bond acceptors (Lipinski definition) is 2. The number of imidazole rings is 1. The van der Waals surface area contributed by atoms with Crippen molar-refractivity contribution >= 4 is 11.6 Å². The number of halogens is 4. The number of aromatic nitrogens is 2. The van der Waals surface area contributed by atoms with Gasteiger partial charge in [-0.05, 0) is 37.6 Å². The fourth-order valence-corrected chi connectivity index (χ4v) is 2.37. The van der Waals surface area contributed by atoms with Gasteiger partial charge >= 0.3 is 6.18 Å². The maximum atomic E-state index is 12.8. The molecule has 1 aromatic heterocycles. The lowest BCUT2D eigenvalue weighted by atomic mass is 10.0. The van der Waals surface area contributed by atoms with E-state index < -0.39 is 11.7 Å². The zero-order valence-electron chi connectivity index (χ0n) is 12.1. The van der Waals surface area contributed by atoms with Crippen molar-refractivity contribution in [2.75, 3.05) is 6.54 Å². The highest BCUT2D eigenvalue weighted by Crippen LogP contribution is 2.36. The van der Waals surface area contributed by atoms with Gasteiger partial charge in [-0.2, -0.15) is 13.2 Å². The largest absolute Gasteiger partial charge is 0.417 e. The van der Waals surface area contributed by atoms with Crippen LogP contribution in [0, 0.1) is 0 Å².